The second-order valence-electron chi connectivity index (χ2n) is 22.7. The molecule has 0 fully saturated rings. The van der Waals surface area contributed by atoms with Gasteiger partial charge in [-0.2, -0.15) is 0 Å². The number of hydrogen-bond donors (Lipinski definition) is 0. The van der Waals surface area contributed by atoms with Crippen molar-refractivity contribution in [2.45, 2.75) is 348 Å². The Hall–Kier alpha value is -3.41. The van der Waals surface area contributed by atoms with E-state index >= 15 is 0 Å². The average molecular weight is 1100 g/mol. The highest BCUT2D eigenvalue weighted by atomic mass is 16.6. The molecule has 1 unspecified atom stereocenters. The van der Waals surface area contributed by atoms with Crippen molar-refractivity contribution in [3.8, 4) is 0 Å². The van der Waals surface area contributed by atoms with Gasteiger partial charge in [0.15, 0.2) is 6.10 Å². The number of esters is 3. The van der Waals surface area contributed by atoms with Crippen LogP contribution in [-0.2, 0) is 28.6 Å². The van der Waals surface area contributed by atoms with Crippen LogP contribution in [-0.4, -0.2) is 37.2 Å². The van der Waals surface area contributed by atoms with Gasteiger partial charge in [-0.25, -0.2) is 0 Å². The van der Waals surface area contributed by atoms with Crippen LogP contribution in [0, 0.1) is 0 Å². The molecule has 0 aliphatic heterocycles. The molecule has 0 aliphatic rings. The number of hydrogen-bond acceptors (Lipinski definition) is 6. The molecule has 0 radical (unpaired) electrons. The molecule has 0 heterocycles. The maximum atomic E-state index is 12.9. The molecule has 0 amide bonds. The lowest BCUT2D eigenvalue weighted by molar-refractivity contribution is -0.167. The van der Waals surface area contributed by atoms with Crippen LogP contribution in [0.2, 0.25) is 0 Å². The zero-order valence-electron chi connectivity index (χ0n) is 52.4. The van der Waals surface area contributed by atoms with Crippen LogP contribution in [0.25, 0.3) is 0 Å². The Balaban J connectivity index is 4.31. The molecule has 79 heavy (non-hydrogen) atoms. The second kappa shape index (κ2) is 67.1. The Morgan fingerprint density at radius 2 is 0.506 bits per heavy atom. The number of carbonyl (C=O) groups is 3. The second-order valence-corrected chi connectivity index (χ2v) is 22.7. The van der Waals surface area contributed by atoms with Crippen LogP contribution >= 0.6 is 0 Å². The van der Waals surface area contributed by atoms with E-state index in [9.17, 15) is 14.4 Å². The van der Waals surface area contributed by atoms with Crippen molar-refractivity contribution in [3.05, 3.63) is 85.1 Å². The maximum Gasteiger partial charge on any atom is 0.306 e. The SMILES string of the molecule is CC/C=C\C/C=C\C/C=C\C/C=C\C/C=C\CCCCCCCC(=O)OC(COC(=O)CCCCCCC/C=C\C/C=C\CCCC)COC(=O)CCCCCCCCCCCCCCCCCCCCCCCCCCCC. The van der Waals surface area contributed by atoms with Gasteiger partial charge in [-0.05, 0) is 89.9 Å². The topological polar surface area (TPSA) is 78.9 Å². The highest BCUT2D eigenvalue weighted by Gasteiger charge is 2.19. The van der Waals surface area contributed by atoms with Crippen LogP contribution in [0.4, 0.5) is 0 Å². The van der Waals surface area contributed by atoms with E-state index in [0.29, 0.717) is 19.3 Å². The highest BCUT2D eigenvalue weighted by Crippen LogP contribution is 2.18. The molecule has 0 N–H and O–H groups in total. The number of carbonyl (C=O) groups excluding carboxylic acids is 3. The summed E-state index contributed by atoms with van der Waals surface area (Å²) >= 11 is 0. The van der Waals surface area contributed by atoms with E-state index in [-0.39, 0.29) is 31.1 Å². The fraction of sp³-hybridized carbons (Fsp3) is 0.767. The van der Waals surface area contributed by atoms with Gasteiger partial charge >= 0.3 is 17.9 Å². The van der Waals surface area contributed by atoms with Gasteiger partial charge in [0.25, 0.3) is 0 Å². The normalized spacial score (nSPS) is 12.6. The fourth-order valence-electron chi connectivity index (χ4n) is 9.78. The molecule has 0 rings (SSSR count). The van der Waals surface area contributed by atoms with Gasteiger partial charge in [-0.15, -0.1) is 0 Å². The van der Waals surface area contributed by atoms with Gasteiger partial charge in [0, 0.05) is 19.3 Å². The summed E-state index contributed by atoms with van der Waals surface area (Å²) in [5.74, 6) is -0.905. The molecular weight excluding hydrogens is 973 g/mol. The van der Waals surface area contributed by atoms with Crippen LogP contribution in [0.3, 0.4) is 0 Å². The smallest absolute Gasteiger partial charge is 0.306 e. The van der Waals surface area contributed by atoms with Crippen LogP contribution in [0.5, 0.6) is 0 Å². The maximum absolute atomic E-state index is 12.9. The summed E-state index contributed by atoms with van der Waals surface area (Å²) in [6, 6.07) is 0. The number of rotatable bonds is 62. The van der Waals surface area contributed by atoms with Crippen molar-refractivity contribution in [2.75, 3.05) is 13.2 Å². The molecule has 0 aromatic heterocycles. The van der Waals surface area contributed by atoms with Gasteiger partial charge in [-0.1, -0.05) is 318 Å². The minimum Gasteiger partial charge on any atom is -0.462 e. The van der Waals surface area contributed by atoms with E-state index in [1.807, 2.05) is 0 Å². The molecule has 0 aromatic carbocycles. The third-order valence-electron chi connectivity index (χ3n) is 14.9. The predicted molar refractivity (Wildman–Crippen MR) is 344 cm³/mol. The summed E-state index contributed by atoms with van der Waals surface area (Å²) in [4.78, 5) is 38.4. The molecule has 6 nitrogen and oxygen atoms in total. The highest BCUT2D eigenvalue weighted by molar-refractivity contribution is 5.71. The number of ether oxygens (including phenoxy) is 3. The summed E-state index contributed by atoms with van der Waals surface area (Å²) in [7, 11) is 0. The first-order valence-corrected chi connectivity index (χ1v) is 34.1. The van der Waals surface area contributed by atoms with Crippen LogP contribution in [0.15, 0.2) is 85.1 Å². The van der Waals surface area contributed by atoms with Crippen molar-refractivity contribution in [1.29, 1.82) is 0 Å². The summed E-state index contributed by atoms with van der Waals surface area (Å²) < 4.78 is 16.9. The number of allylic oxidation sites excluding steroid dienone is 14. The molecule has 0 saturated carbocycles. The molecule has 6 heteroatoms. The minimum absolute atomic E-state index is 0.0866. The summed E-state index contributed by atoms with van der Waals surface area (Å²) in [5.41, 5.74) is 0. The lowest BCUT2D eigenvalue weighted by Crippen LogP contribution is -2.30. The van der Waals surface area contributed by atoms with Gasteiger partial charge in [0.05, 0.1) is 0 Å². The first-order valence-electron chi connectivity index (χ1n) is 34.1. The standard InChI is InChI=1S/C73H128O6/c1-4-7-10-13-16-19-22-25-28-30-32-34-35-36-37-38-40-41-43-45-48-51-54-57-60-63-66-72(75)78-69-70(68-77-71(74)65-62-59-56-53-50-47-27-24-21-18-15-12-9-6-3)79-73(76)67-64-61-58-55-52-49-46-44-42-39-33-31-29-26-23-20-17-14-11-8-5-2/h8,11,15,17-18,20,24,26-27,29,33,39,44,46,70H,4-7,9-10,12-14,16,19,21-23,25,28,30-32,34-38,40-43,45,47-69H2,1-3H3/b11-8-,18-15-,20-17-,27-24-,29-26-,39-33-,46-44-. The Bertz CT molecular complexity index is 1500. The molecule has 1 atom stereocenters. The third-order valence-corrected chi connectivity index (χ3v) is 14.9. The monoisotopic (exact) mass is 1100 g/mol. The van der Waals surface area contributed by atoms with Gasteiger partial charge in [-0.3, -0.25) is 14.4 Å². The third kappa shape index (κ3) is 65.3. The Morgan fingerprint density at radius 3 is 0.810 bits per heavy atom. The molecule has 0 saturated heterocycles. The van der Waals surface area contributed by atoms with E-state index in [2.05, 4.69) is 106 Å². The zero-order chi connectivity index (χ0) is 57.1. The molecular formula is C73H128O6. The van der Waals surface area contributed by atoms with Gasteiger partial charge in [0.1, 0.15) is 13.2 Å². The van der Waals surface area contributed by atoms with Crippen LogP contribution in [0.1, 0.15) is 342 Å². The van der Waals surface area contributed by atoms with Crippen molar-refractivity contribution in [3.63, 3.8) is 0 Å². The molecule has 456 valence electrons. The van der Waals surface area contributed by atoms with Crippen molar-refractivity contribution >= 4 is 17.9 Å². The quantitative estimate of drug-likeness (QED) is 0.0261. The van der Waals surface area contributed by atoms with E-state index in [0.717, 1.165) is 135 Å². The van der Waals surface area contributed by atoms with Crippen molar-refractivity contribution < 1.29 is 28.6 Å². The van der Waals surface area contributed by atoms with Crippen LogP contribution < -0.4 is 0 Å². The predicted octanol–water partition coefficient (Wildman–Crippen LogP) is 23.4. The molecule has 0 aromatic rings. The van der Waals surface area contributed by atoms with E-state index in [4.69, 9.17) is 14.2 Å². The van der Waals surface area contributed by atoms with Gasteiger partial charge < -0.3 is 14.2 Å². The minimum atomic E-state index is -0.794. The van der Waals surface area contributed by atoms with E-state index in [1.165, 1.54) is 167 Å². The summed E-state index contributed by atoms with van der Waals surface area (Å²) in [6.07, 6.45) is 88.9. The summed E-state index contributed by atoms with van der Waals surface area (Å²) in [5, 5.41) is 0. The van der Waals surface area contributed by atoms with Gasteiger partial charge in [0.2, 0.25) is 0 Å². The lowest BCUT2D eigenvalue weighted by Gasteiger charge is -2.18. The largest absolute Gasteiger partial charge is 0.462 e. The molecule has 0 spiro atoms. The van der Waals surface area contributed by atoms with Crippen molar-refractivity contribution in [1.82, 2.24) is 0 Å². The van der Waals surface area contributed by atoms with E-state index < -0.39 is 6.10 Å². The Kier molecular flexibility index (Phi) is 64.2. The first-order chi connectivity index (χ1) is 39.0. The number of unbranched alkanes of at least 4 members (excludes halogenated alkanes) is 37. The van der Waals surface area contributed by atoms with E-state index in [1.54, 1.807) is 0 Å². The molecule has 0 aliphatic carbocycles. The average Bonchev–Trinajstić information content (AvgIpc) is 3.45. The zero-order valence-corrected chi connectivity index (χ0v) is 52.4. The fourth-order valence-corrected chi connectivity index (χ4v) is 9.78. The van der Waals surface area contributed by atoms with Crippen molar-refractivity contribution in [2.24, 2.45) is 0 Å². The Labute approximate surface area is 490 Å². The lowest BCUT2D eigenvalue weighted by atomic mass is 10.0. The Morgan fingerprint density at radius 1 is 0.266 bits per heavy atom. The summed E-state index contributed by atoms with van der Waals surface area (Å²) in [6.45, 7) is 6.50. The molecule has 0 bridgehead atoms. The first kappa shape index (κ1) is 75.6.